The zero-order valence-corrected chi connectivity index (χ0v) is 40.8. The maximum Gasteiger partial charge on any atom is 0.164 e. The fourth-order valence-electron chi connectivity index (χ4n) is 13.9. The molecule has 8 aromatic rings. The first kappa shape index (κ1) is 43.4. The van der Waals surface area contributed by atoms with Gasteiger partial charge in [0, 0.05) is 29.4 Å². The Labute approximate surface area is 408 Å². The molecule has 0 aromatic heterocycles. The molecule has 2 nitrogen and oxygen atoms in total. The summed E-state index contributed by atoms with van der Waals surface area (Å²) in [6.07, 6.45) is 10.7. The van der Waals surface area contributed by atoms with E-state index < -0.39 is 0 Å². The van der Waals surface area contributed by atoms with Gasteiger partial charge in [-0.15, -0.1) is 0 Å². The van der Waals surface area contributed by atoms with Gasteiger partial charge in [0.25, 0.3) is 0 Å². The SMILES string of the molecule is Cc1ccc2c(c1)C1(CC(=O)c3ccccc31)c1cc(C)ccc1-2.Cc1ccc2c(c1)C1(CC(=O)c3ccccc31)c1ccccc1-2.Cc1ccc2c(c1)C1(CCCCCCC1)c1cc(C)ccc1-2. The zero-order chi connectivity index (χ0) is 47.2. The van der Waals surface area contributed by atoms with E-state index in [1.807, 2.05) is 24.3 Å². The Morgan fingerprint density at radius 3 is 0.957 bits per heavy atom. The van der Waals surface area contributed by atoms with Gasteiger partial charge in [-0.2, -0.15) is 0 Å². The molecule has 0 bridgehead atoms. The molecule has 69 heavy (non-hydrogen) atoms. The van der Waals surface area contributed by atoms with E-state index >= 15 is 0 Å². The molecule has 6 aliphatic rings. The Morgan fingerprint density at radius 2 is 0.565 bits per heavy atom. The summed E-state index contributed by atoms with van der Waals surface area (Å²) in [7, 11) is 0. The van der Waals surface area contributed by atoms with Gasteiger partial charge in [0.1, 0.15) is 0 Å². The molecule has 0 radical (unpaired) electrons. The molecule has 1 unspecified atom stereocenters. The normalized spacial score (nSPS) is 18.6. The van der Waals surface area contributed by atoms with Gasteiger partial charge in [0.15, 0.2) is 11.6 Å². The van der Waals surface area contributed by atoms with Crippen LogP contribution in [0.2, 0.25) is 0 Å². The Balaban J connectivity index is 0.000000107. The lowest BCUT2D eigenvalue weighted by molar-refractivity contribution is 0.0976. The van der Waals surface area contributed by atoms with Gasteiger partial charge < -0.3 is 0 Å². The van der Waals surface area contributed by atoms with E-state index in [0.717, 1.165) is 11.1 Å². The van der Waals surface area contributed by atoms with Crippen molar-refractivity contribution in [2.24, 2.45) is 0 Å². The Hall–Kier alpha value is -6.90. The highest BCUT2D eigenvalue weighted by molar-refractivity contribution is 6.07. The van der Waals surface area contributed by atoms with Crippen molar-refractivity contribution in [3.05, 3.63) is 247 Å². The molecule has 0 heterocycles. The zero-order valence-electron chi connectivity index (χ0n) is 40.8. The van der Waals surface area contributed by atoms with E-state index in [9.17, 15) is 9.59 Å². The number of aryl methyl sites for hydroxylation is 5. The van der Waals surface area contributed by atoms with Gasteiger partial charge in [-0.1, -0.05) is 224 Å². The Kier molecular flexibility index (Phi) is 10.3. The van der Waals surface area contributed by atoms with Crippen molar-refractivity contribution in [3.63, 3.8) is 0 Å². The standard InChI is InChI=1S/C23H18O.C22H16O.C22H26/c1-14-7-9-16-17-10-8-15(2)12-21(17)23(20(16)11-14)13-22(24)18-5-3-4-6-19(18)23;1-14-10-11-16-15-6-2-4-8-18(15)22(20(16)12-14)13-21(23)17-7-3-5-9-19(17)22;1-16-8-10-18-19-11-9-17(2)15-21(19)22(20(18)14-16)12-6-4-3-5-7-13-22/h3-12H,13H2,1-2H3;2-12H,13H2,1H3;8-11,14-15H,3-7,12-13H2,1-2H3. The number of ketones is 2. The molecule has 1 atom stereocenters. The summed E-state index contributed by atoms with van der Waals surface area (Å²) in [5, 5.41) is 0. The number of carbonyl (C=O) groups excluding carboxylic acids is 2. The molecule has 14 rings (SSSR count). The molecule has 0 aliphatic heterocycles. The van der Waals surface area contributed by atoms with Gasteiger partial charge in [-0.3, -0.25) is 9.59 Å². The molecule has 0 amide bonds. The number of hydrogen-bond acceptors (Lipinski definition) is 2. The largest absolute Gasteiger partial charge is 0.294 e. The van der Waals surface area contributed by atoms with Crippen LogP contribution in [0.25, 0.3) is 33.4 Å². The van der Waals surface area contributed by atoms with Crippen LogP contribution < -0.4 is 0 Å². The van der Waals surface area contributed by atoms with Crippen molar-refractivity contribution in [3.8, 4) is 33.4 Å². The fraction of sp³-hybridized carbons (Fsp3) is 0.254. The van der Waals surface area contributed by atoms with E-state index in [1.165, 1.54) is 140 Å². The average Bonchev–Trinajstić information content (AvgIpc) is 4.07. The number of benzene rings is 8. The number of Topliss-reactive ketones (excluding diaryl/α,β-unsaturated/α-hetero) is 2. The van der Waals surface area contributed by atoms with Crippen LogP contribution in [-0.2, 0) is 16.2 Å². The second-order valence-electron chi connectivity index (χ2n) is 21.2. The minimum absolute atomic E-state index is 0.254. The highest BCUT2D eigenvalue weighted by atomic mass is 16.1. The van der Waals surface area contributed by atoms with Gasteiger partial charge in [0.05, 0.1) is 10.8 Å². The predicted octanol–water partition coefficient (Wildman–Crippen LogP) is 16.4. The molecule has 1 fully saturated rings. The van der Waals surface area contributed by atoms with Gasteiger partial charge >= 0.3 is 0 Å². The van der Waals surface area contributed by atoms with Crippen molar-refractivity contribution in [2.75, 3.05) is 0 Å². The van der Waals surface area contributed by atoms with Crippen LogP contribution >= 0.6 is 0 Å². The number of carbonyl (C=O) groups is 2. The van der Waals surface area contributed by atoms with Gasteiger partial charge in [-0.25, -0.2) is 0 Å². The van der Waals surface area contributed by atoms with Crippen molar-refractivity contribution < 1.29 is 9.59 Å². The molecule has 6 aliphatic carbocycles. The molecule has 0 N–H and O–H groups in total. The summed E-state index contributed by atoms with van der Waals surface area (Å²) in [5.41, 5.74) is 26.8. The van der Waals surface area contributed by atoms with E-state index in [0.29, 0.717) is 18.3 Å². The van der Waals surface area contributed by atoms with Crippen LogP contribution in [-0.4, -0.2) is 11.6 Å². The molecule has 1 saturated carbocycles. The molecule has 340 valence electrons. The Morgan fingerprint density at radius 1 is 0.290 bits per heavy atom. The number of rotatable bonds is 0. The maximum atomic E-state index is 12.8. The maximum absolute atomic E-state index is 12.8. The van der Waals surface area contributed by atoms with E-state index in [4.69, 9.17) is 0 Å². The molecular formula is C67H60O2. The van der Waals surface area contributed by atoms with E-state index in [2.05, 4.69) is 174 Å². The smallest absolute Gasteiger partial charge is 0.164 e. The molecule has 0 saturated heterocycles. The summed E-state index contributed by atoms with van der Waals surface area (Å²) in [4.78, 5) is 25.5. The summed E-state index contributed by atoms with van der Waals surface area (Å²) in [5.74, 6) is 0.511. The monoisotopic (exact) mass is 896 g/mol. The van der Waals surface area contributed by atoms with Gasteiger partial charge in [0.2, 0.25) is 0 Å². The van der Waals surface area contributed by atoms with Crippen molar-refractivity contribution >= 4 is 11.6 Å². The van der Waals surface area contributed by atoms with Crippen molar-refractivity contribution in [1.82, 2.24) is 0 Å². The Bertz CT molecular complexity index is 3320. The average molecular weight is 897 g/mol. The third kappa shape index (κ3) is 6.51. The number of hydrogen-bond donors (Lipinski definition) is 0. The minimum Gasteiger partial charge on any atom is -0.294 e. The van der Waals surface area contributed by atoms with Crippen LogP contribution in [0.3, 0.4) is 0 Å². The van der Waals surface area contributed by atoms with E-state index in [-0.39, 0.29) is 22.4 Å². The summed E-state index contributed by atoms with van der Waals surface area (Å²) in [6, 6.07) is 59.1. The van der Waals surface area contributed by atoms with Crippen molar-refractivity contribution in [2.45, 2.75) is 109 Å². The second kappa shape index (κ2) is 16.4. The first-order chi connectivity index (χ1) is 33.5. The summed E-state index contributed by atoms with van der Waals surface area (Å²) >= 11 is 0. The van der Waals surface area contributed by atoms with Crippen LogP contribution in [0.15, 0.2) is 164 Å². The third-order valence-electron chi connectivity index (χ3n) is 17.0. The third-order valence-corrected chi connectivity index (χ3v) is 17.0. The van der Waals surface area contributed by atoms with Gasteiger partial charge in [-0.05, 0) is 125 Å². The van der Waals surface area contributed by atoms with Crippen LogP contribution in [0, 0.1) is 34.6 Å². The topological polar surface area (TPSA) is 34.1 Å². The summed E-state index contributed by atoms with van der Waals surface area (Å²) < 4.78 is 0. The van der Waals surface area contributed by atoms with Crippen LogP contribution in [0.1, 0.15) is 151 Å². The van der Waals surface area contributed by atoms with Crippen LogP contribution in [0.4, 0.5) is 0 Å². The molecule has 3 spiro atoms. The lowest BCUT2D eigenvalue weighted by Gasteiger charge is -2.34. The highest BCUT2D eigenvalue weighted by Crippen LogP contribution is 2.60. The second-order valence-corrected chi connectivity index (χ2v) is 21.2. The lowest BCUT2D eigenvalue weighted by atomic mass is 9.69. The first-order valence-corrected chi connectivity index (χ1v) is 25.5. The molecule has 8 aromatic carbocycles. The van der Waals surface area contributed by atoms with E-state index in [1.54, 1.807) is 11.1 Å². The quantitative estimate of drug-likeness (QED) is 0.152. The predicted molar refractivity (Wildman–Crippen MR) is 283 cm³/mol. The first-order valence-electron chi connectivity index (χ1n) is 25.5. The summed E-state index contributed by atoms with van der Waals surface area (Å²) in [6.45, 7) is 10.9. The highest BCUT2D eigenvalue weighted by Gasteiger charge is 2.53. The van der Waals surface area contributed by atoms with Crippen molar-refractivity contribution in [1.29, 1.82) is 0 Å². The minimum atomic E-state index is -0.309. The fourth-order valence-corrected chi connectivity index (χ4v) is 13.9. The number of fused-ring (bicyclic) bond motifs is 19. The molecular weight excluding hydrogens is 837 g/mol. The van der Waals surface area contributed by atoms with Crippen LogP contribution in [0.5, 0.6) is 0 Å². The molecule has 2 heteroatoms. The lowest BCUT2D eigenvalue weighted by Crippen LogP contribution is -2.26.